The molecule has 0 bridgehead atoms. The van der Waals surface area contributed by atoms with Gasteiger partial charge >= 0.3 is 0 Å². The number of carbonyl (C=O) groups excluding carboxylic acids is 2. The first kappa shape index (κ1) is 22.8. The second-order valence-electron chi connectivity index (χ2n) is 6.32. The topological polar surface area (TPSA) is 123 Å². The first-order valence-electron chi connectivity index (χ1n) is 9.21. The number of rotatable bonds is 11. The highest BCUT2D eigenvalue weighted by Crippen LogP contribution is 2.25. The predicted octanol–water partition coefficient (Wildman–Crippen LogP) is 1.88. The molecule has 0 heterocycles. The molecular formula is C20H23FN4O5. The summed E-state index contributed by atoms with van der Waals surface area (Å²) in [5.74, 6) is -1.22. The van der Waals surface area contributed by atoms with E-state index in [1.807, 2.05) is 0 Å². The van der Waals surface area contributed by atoms with E-state index >= 15 is 0 Å². The second-order valence-corrected chi connectivity index (χ2v) is 6.32. The number of nitro benzene ring substituents is 1. The third kappa shape index (κ3) is 7.13. The number of carbonyl (C=O) groups is 2. The summed E-state index contributed by atoms with van der Waals surface area (Å²) in [7, 11) is 1.52. The van der Waals surface area contributed by atoms with Gasteiger partial charge in [0.2, 0.25) is 5.91 Å². The molecule has 0 aliphatic heterocycles. The Morgan fingerprint density at radius 3 is 2.57 bits per heavy atom. The minimum Gasteiger partial charge on any atom is -0.383 e. The number of hydrogen-bond donors (Lipinski definition) is 3. The highest BCUT2D eigenvalue weighted by atomic mass is 19.1. The van der Waals surface area contributed by atoms with Crippen LogP contribution >= 0.6 is 0 Å². The van der Waals surface area contributed by atoms with Gasteiger partial charge in [-0.15, -0.1) is 0 Å². The Hall–Kier alpha value is -3.53. The number of nitro groups is 1. The molecule has 2 aromatic carbocycles. The van der Waals surface area contributed by atoms with Gasteiger partial charge in [-0.2, -0.15) is 0 Å². The van der Waals surface area contributed by atoms with E-state index in [4.69, 9.17) is 4.74 Å². The van der Waals surface area contributed by atoms with Crippen LogP contribution in [0.2, 0.25) is 0 Å². The van der Waals surface area contributed by atoms with Crippen molar-refractivity contribution in [1.82, 2.24) is 10.6 Å². The Labute approximate surface area is 172 Å². The van der Waals surface area contributed by atoms with Gasteiger partial charge in [0.15, 0.2) is 0 Å². The quantitative estimate of drug-likeness (QED) is 0.291. The maximum Gasteiger partial charge on any atom is 0.293 e. The Morgan fingerprint density at radius 2 is 1.87 bits per heavy atom. The van der Waals surface area contributed by atoms with Crippen molar-refractivity contribution in [1.29, 1.82) is 0 Å². The standard InChI is InChI=1S/C20H23FN4O5/c1-30-10-9-22-17-6-5-15(13-18(17)25(28)29)20(27)24-8-7-23-19(26)12-14-3-2-4-16(21)11-14/h2-6,11,13,22H,7-10,12H2,1H3,(H,23,26)(H,24,27). The van der Waals surface area contributed by atoms with E-state index in [1.54, 1.807) is 6.07 Å². The number of nitrogens with one attached hydrogen (secondary N) is 3. The van der Waals surface area contributed by atoms with E-state index in [9.17, 15) is 24.1 Å². The summed E-state index contributed by atoms with van der Waals surface area (Å²) in [5, 5.41) is 19.4. The largest absolute Gasteiger partial charge is 0.383 e. The predicted molar refractivity (Wildman–Crippen MR) is 109 cm³/mol. The molecule has 0 aromatic heterocycles. The number of halogens is 1. The summed E-state index contributed by atoms with van der Waals surface area (Å²) < 4.78 is 18.0. The van der Waals surface area contributed by atoms with Gasteiger partial charge in [-0.3, -0.25) is 19.7 Å². The molecular weight excluding hydrogens is 395 g/mol. The fraction of sp³-hybridized carbons (Fsp3) is 0.300. The number of benzene rings is 2. The van der Waals surface area contributed by atoms with Gasteiger partial charge in [0.05, 0.1) is 18.0 Å². The summed E-state index contributed by atoms with van der Waals surface area (Å²) in [4.78, 5) is 34.8. The summed E-state index contributed by atoms with van der Waals surface area (Å²) in [6.07, 6.45) is 0.0232. The van der Waals surface area contributed by atoms with Crippen molar-refractivity contribution in [2.45, 2.75) is 6.42 Å². The van der Waals surface area contributed by atoms with Crippen LogP contribution in [0.4, 0.5) is 15.8 Å². The SMILES string of the molecule is COCCNc1ccc(C(=O)NCCNC(=O)Cc2cccc(F)c2)cc1[N+](=O)[O-]. The molecule has 0 spiro atoms. The van der Waals surface area contributed by atoms with E-state index in [-0.39, 0.29) is 36.7 Å². The molecule has 0 atom stereocenters. The molecule has 30 heavy (non-hydrogen) atoms. The number of methoxy groups -OCH3 is 1. The average molecular weight is 418 g/mol. The minimum atomic E-state index is -0.571. The maximum atomic E-state index is 13.1. The van der Waals surface area contributed by atoms with Crippen LogP contribution in [0, 0.1) is 15.9 Å². The normalized spacial score (nSPS) is 10.3. The van der Waals surface area contributed by atoms with Crippen LogP contribution in [0.5, 0.6) is 0 Å². The first-order valence-corrected chi connectivity index (χ1v) is 9.21. The summed E-state index contributed by atoms with van der Waals surface area (Å²) in [6.45, 7) is 1.07. The van der Waals surface area contributed by atoms with Gasteiger partial charge < -0.3 is 20.7 Å². The molecule has 2 rings (SSSR count). The van der Waals surface area contributed by atoms with Crippen LogP contribution in [0.3, 0.4) is 0 Å². The van der Waals surface area contributed by atoms with Gasteiger partial charge in [-0.25, -0.2) is 4.39 Å². The zero-order valence-electron chi connectivity index (χ0n) is 16.4. The van der Waals surface area contributed by atoms with Crippen LogP contribution in [0.1, 0.15) is 15.9 Å². The van der Waals surface area contributed by atoms with E-state index in [1.165, 1.54) is 43.5 Å². The van der Waals surface area contributed by atoms with Crippen molar-refractivity contribution >= 4 is 23.2 Å². The number of ether oxygens (including phenoxy) is 1. The average Bonchev–Trinajstić information content (AvgIpc) is 2.71. The van der Waals surface area contributed by atoms with Crippen molar-refractivity contribution in [3.63, 3.8) is 0 Å². The minimum absolute atomic E-state index is 0.0232. The zero-order valence-corrected chi connectivity index (χ0v) is 16.4. The van der Waals surface area contributed by atoms with Gasteiger partial charge in [0.25, 0.3) is 11.6 Å². The molecule has 3 N–H and O–H groups in total. The molecule has 0 aliphatic rings. The third-order valence-corrected chi connectivity index (χ3v) is 4.06. The molecule has 0 saturated carbocycles. The van der Waals surface area contributed by atoms with Crippen LogP contribution in [-0.4, -0.2) is 50.1 Å². The van der Waals surface area contributed by atoms with Crippen molar-refractivity contribution in [2.75, 3.05) is 38.7 Å². The maximum absolute atomic E-state index is 13.1. The van der Waals surface area contributed by atoms with Gasteiger partial charge in [0.1, 0.15) is 11.5 Å². The van der Waals surface area contributed by atoms with E-state index < -0.39 is 16.6 Å². The van der Waals surface area contributed by atoms with E-state index in [0.29, 0.717) is 24.4 Å². The zero-order chi connectivity index (χ0) is 21.9. The highest BCUT2D eigenvalue weighted by Gasteiger charge is 2.17. The molecule has 0 aliphatic carbocycles. The fourth-order valence-electron chi connectivity index (χ4n) is 2.64. The molecule has 0 saturated heterocycles. The van der Waals surface area contributed by atoms with Crippen molar-refractivity contribution in [2.24, 2.45) is 0 Å². The molecule has 160 valence electrons. The third-order valence-electron chi connectivity index (χ3n) is 4.06. The molecule has 9 nitrogen and oxygen atoms in total. The van der Waals surface area contributed by atoms with Gasteiger partial charge in [-0.1, -0.05) is 12.1 Å². The summed E-state index contributed by atoms with van der Waals surface area (Å²) >= 11 is 0. The Kier molecular flexibility index (Phi) is 8.70. The summed E-state index contributed by atoms with van der Waals surface area (Å²) in [6, 6.07) is 9.86. The lowest BCUT2D eigenvalue weighted by Gasteiger charge is -2.10. The van der Waals surface area contributed by atoms with E-state index in [2.05, 4.69) is 16.0 Å². The van der Waals surface area contributed by atoms with Crippen molar-refractivity contribution in [3.8, 4) is 0 Å². The molecule has 0 radical (unpaired) electrons. The van der Waals surface area contributed by atoms with Crippen LogP contribution in [0.25, 0.3) is 0 Å². The molecule has 0 unspecified atom stereocenters. The van der Waals surface area contributed by atoms with Crippen molar-refractivity contribution < 1.29 is 23.6 Å². The second kappa shape index (κ2) is 11.5. The smallest absolute Gasteiger partial charge is 0.293 e. The lowest BCUT2D eigenvalue weighted by molar-refractivity contribution is -0.384. The monoisotopic (exact) mass is 418 g/mol. The highest BCUT2D eigenvalue weighted by molar-refractivity contribution is 5.95. The molecule has 0 fully saturated rings. The number of amides is 2. The Balaban J connectivity index is 1.83. The van der Waals surface area contributed by atoms with E-state index in [0.717, 1.165) is 0 Å². The number of nitrogens with zero attached hydrogens (tertiary/aromatic N) is 1. The Morgan fingerprint density at radius 1 is 1.10 bits per heavy atom. The van der Waals surface area contributed by atoms with Gasteiger partial charge in [0, 0.05) is 38.4 Å². The van der Waals surface area contributed by atoms with Crippen LogP contribution in [0.15, 0.2) is 42.5 Å². The van der Waals surface area contributed by atoms with Crippen LogP contribution in [-0.2, 0) is 16.0 Å². The molecule has 2 aromatic rings. The van der Waals surface area contributed by atoms with Gasteiger partial charge in [-0.05, 0) is 29.8 Å². The van der Waals surface area contributed by atoms with Crippen molar-refractivity contribution in [3.05, 3.63) is 69.5 Å². The first-order chi connectivity index (χ1) is 14.4. The van der Waals surface area contributed by atoms with Crippen LogP contribution < -0.4 is 16.0 Å². The number of anilines is 1. The summed E-state index contributed by atoms with van der Waals surface area (Å²) in [5.41, 5.74) is 0.744. The fourth-order valence-corrected chi connectivity index (χ4v) is 2.64. The molecule has 2 amide bonds. The lowest BCUT2D eigenvalue weighted by atomic mass is 10.1. The molecule has 10 heteroatoms. The Bertz CT molecular complexity index is 907. The lowest BCUT2D eigenvalue weighted by Crippen LogP contribution is -2.35. The number of hydrogen-bond acceptors (Lipinski definition) is 6.